The van der Waals surface area contributed by atoms with Crippen molar-refractivity contribution in [1.29, 1.82) is 0 Å². The van der Waals surface area contributed by atoms with Gasteiger partial charge < -0.3 is 10.2 Å². The Morgan fingerprint density at radius 2 is 1.71 bits per heavy atom. The molecule has 0 saturated heterocycles. The summed E-state index contributed by atoms with van der Waals surface area (Å²) >= 11 is 0. The maximum Gasteiger partial charge on any atom is 0.416 e. The lowest BCUT2D eigenvalue weighted by atomic mass is 10.2. The molecule has 2 N–H and O–H groups in total. The van der Waals surface area contributed by atoms with Crippen LogP contribution in [0.5, 0.6) is 0 Å². The van der Waals surface area contributed by atoms with Gasteiger partial charge in [0.15, 0.2) is 0 Å². The van der Waals surface area contributed by atoms with Gasteiger partial charge in [0.2, 0.25) is 0 Å². The Balaban J connectivity index is 1.83. The van der Waals surface area contributed by atoms with Crippen molar-refractivity contribution in [3.8, 4) is 0 Å². The number of hydrogen-bond donors (Lipinski definition) is 2. The number of pyridine rings is 1. The third kappa shape index (κ3) is 5.93. The number of aromatic nitrogens is 1. The SMILES string of the molecule is CN(C)CCNCc1ccc2cccc(NS(=O)(=O)c3ccc(C(F)(F)F)cc3)c2n1. The molecule has 0 saturated carbocycles. The first kappa shape index (κ1) is 23.0. The lowest BCUT2D eigenvalue weighted by molar-refractivity contribution is -0.137. The molecular formula is C21H23F3N4O2S. The molecule has 0 atom stereocenters. The number of anilines is 1. The first-order chi connectivity index (χ1) is 14.6. The van der Waals surface area contributed by atoms with Crippen LogP contribution in [-0.2, 0) is 22.7 Å². The largest absolute Gasteiger partial charge is 0.416 e. The molecule has 0 amide bonds. The van der Waals surface area contributed by atoms with Gasteiger partial charge in [-0.1, -0.05) is 18.2 Å². The molecule has 6 nitrogen and oxygen atoms in total. The fourth-order valence-electron chi connectivity index (χ4n) is 2.91. The van der Waals surface area contributed by atoms with Crippen molar-refractivity contribution < 1.29 is 21.6 Å². The van der Waals surface area contributed by atoms with Crippen molar-refractivity contribution in [3.05, 3.63) is 65.9 Å². The molecule has 0 fully saturated rings. The van der Waals surface area contributed by atoms with Gasteiger partial charge in [-0.05, 0) is 50.5 Å². The Hall–Kier alpha value is -2.69. The summed E-state index contributed by atoms with van der Waals surface area (Å²) in [7, 11) is -0.134. The van der Waals surface area contributed by atoms with E-state index >= 15 is 0 Å². The van der Waals surface area contributed by atoms with Crippen molar-refractivity contribution in [2.24, 2.45) is 0 Å². The summed E-state index contributed by atoms with van der Waals surface area (Å²) < 4.78 is 66.1. The summed E-state index contributed by atoms with van der Waals surface area (Å²) in [6.45, 7) is 2.16. The molecule has 2 aromatic carbocycles. The second-order valence-corrected chi connectivity index (χ2v) is 8.97. The number of rotatable bonds is 8. The zero-order chi connectivity index (χ0) is 22.6. The number of likely N-dealkylation sites (N-methyl/N-ethyl adjacent to an activating group) is 1. The van der Waals surface area contributed by atoms with Crippen LogP contribution in [0.1, 0.15) is 11.3 Å². The molecule has 0 bridgehead atoms. The summed E-state index contributed by atoms with van der Waals surface area (Å²) in [5.74, 6) is 0. The second-order valence-electron chi connectivity index (χ2n) is 7.29. The van der Waals surface area contributed by atoms with E-state index in [-0.39, 0.29) is 10.6 Å². The fourth-order valence-corrected chi connectivity index (χ4v) is 3.98. The number of nitrogens with one attached hydrogen (secondary N) is 2. The lowest BCUT2D eigenvalue weighted by Gasteiger charge is -2.13. The van der Waals surface area contributed by atoms with Gasteiger partial charge in [-0.25, -0.2) is 13.4 Å². The molecule has 10 heteroatoms. The molecule has 3 aromatic rings. The molecular weight excluding hydrogens is 429 g/mol. The van der Waals surface area contributed by atoms with Crippen molar-refractivity contribution in [3.63, 3.8) is 0 Å². The summed E-state index contributed by atoms with van der Waals surface area (Å²) in [5, 5.41) is 4.01. The van der Waals surface area contributed by atoms with Gasteiger partial charge in [0, 0.05) is 25.0 Å². The van der Waals surface area contributed by atoms with Gasteiger partial charge in [-0.2, -0.15) is 13.2 Å². The van der Waals surface area contributed by atoms with Gasteiger partial charge in [0.25, 0.3) is 10.0 Å². The Labute approximate surface area is 179 Å². The van der Waals surface area contributed by atoms with Crippen LogP contribution in [0.25, 0.3) is 10.9 Å². The number of halogens is 3. The summed E-state index contributed by atoms with van der Waals surface area (Å²) in [4.78, 5) is 6.35. The molecule has 0 radical (unpaired) electrons. The minimum Gasteiger partial charge on any atom is -0.310 e. The first-order valence-corrected chi connectivity index (χ1v) is 11.0. The lowest BCUT2D eigenvalue weighted by Crippen LogP contribution is -2.26. The zero-order valence-electron chi connectivity index (χ0n) is 17.1. The van der Waals surface area contributed by atoms with Gasteiger partial charge in [0.05, 0.1) is 27.4 Å². The number of alkyl halides is 3. The minimum absolute atomic E-state index is 0.257. The van der Waals surface area contributed by atoms with E-state index in [2.05, 4.69) is 19.9 Å². The van der Waals surface area contributed by atoms with Crippen molar-refractivity contribution in [2.75, 3.05) is 31.9 Å². The average Bonchev–Trinajstić information content (AvgIpc) is 2.71. The van der Waals surface area contributed by atoms with E-state index in [4.69, 9.17) is 0 Å². The molecule has 166 valence electrons. The molecule has 1 aromatic heterocycles. The molecule has 0 aliphatic carbocycles. The topological polar surface area (TPSA) is 74.3 Å². The Morgan fingerprint density at radius 1 is 1.00 bits per heavy atom. The minimum atomic E-state index is -4.54. The van der Waals surface area contributed by atoms with Gasteiger partial charge >= 0.3 is 6.18 Å². The van der Waals surface area contributed by atoms with Crippen LogP contribution < -0.4 is 10.0 Å². The van der Waals surface area contributed by atoms with E-state index in [1.807, 2.05) is 32.3 Å². The van der Waals surface area contributed by atoms with Gasteiger partial charge in [0.1, 0.15) is 0 Å². The maximum atomic E-state index is 12.7. The van der Waals surface area contributed by atoms with Gasteiger partial charge in [-0.15, -0.1) is 0 Å². The fraction of sp³-hybridized carbons (Fsp3) is 0.286. The van der Waals surface area contributed by atoms with Crippen LogP contribution in [0.15, 0.2) is 59.5 Å². The van der Waals surface area contributed by atoms with Crippen LogP contribution in [0, 0.1) is 0 Å². The van der Waals surface area contributed by atoms with Crippen LogP contribution >= 0.6 is 0 Å². The molecule has 3 rings (SSSR count). The van der Waals surface area contributed by atoms with Crippen molar-refractivity contribution >= 4 is 26.6 Å². The van der Waals surface area contributed by atoms with Crippen LogP contribution in [0.3, 0.4) is 0 Å². The molecule has 31 heavy (non-hydrogen) atoms. The number of hydrogen-bond acceptors (Lipinski definition) is 5. The van der Waals surface area contributed by atoms with Crippen LogP contribution in [0.2, 0.25) is 0 Å². The van der Waals surface area contributed by atoms with E-state index in [1.165, 1.54) is 0 Å². The van der Waals surface area contributed by atoms with Crippen molar-refractivity contribution in [1.82, 2.24) is 15.2 Å². The number of benzene rings is 2. The maximum absolute atomic E-state index is 12.7. The average molecular weight is 453 g/mol. The van der Waals surface area contributed by atoms with E-state index in [1.54, 1.807) is 12.1 Å². The molecule has 1 heterocycles. The predicted octanol–water partition coefficient (Wildman–Crippen LogP) is 3.71. The predicted molar refractivity (Wildman–Crippen MR) is 114 cm³/mol. The van der Waals surface area contributed by atoms with Crippen molar-refractivity contribution in [2.45, 2.75) is 17.6 Å². The smallest absolute Gasteiger partial charge is 0.310 e. The molecule has 0 unspecified atom stereocenters. The zero-order valence-corrected chi connectivity index (χ0v) is 17.9. The Kier molecular flexibility index (Phi) is 6.83. The Bertz CT molecular complexity index is 1150. The van der Waals surface area contributed by atoms with E-state index in [9.17, 15) is 21.6 Å². The van der Waals surface area contributed by atoms with Gasteiger partial charge in [-0.3, -0.25) is 4.72 Å². The normalized spacial score (nSPS) is 12.5. The number of sulfonamides is 1. The van der Waals surface area contributed by atoms with E-state index in [0.29, 0.717) is 12.1 Å². The third-order valence-electron chi connectivity index (χ3n) is 4.56. The summed E-state index contributed by atoms with van der Waals surface area (Å²) in [6, 6.07) is 12.1. The quantitative estimate of drug-likeness (QED) is 0.510. The van der Waals surface area contributed by atoms with E-state index in [0.717, 1.165) is 48.4 Å². The van der Waals surface area contributed by atoms with E-state index < -0.39 is 21.8 Å². The number of nitrogens with zero attached hydrogens (tertiary/aromatic N) is 2. The first-order valence-electron chi connectivity index (χ1n) is 9.50. The monoisotopic (exact) mass is 452 g/mol. The number of para-hydroxylation sites is 1. The highest BCUT2D eigenvalue weighted by Gasteiger charge is 2.30. The standard InChI is InChI=1S/C21H23F3N4O2S/c1-28(2)13-12-25-14-17-9-6-15-4-3-5-19(20(15)26-17)27-31(29,30)18-10-7-16(8-11-18)21(22,23)24/h3-11,25,27H,12-14H2,1-2H3. The Morgan fingerprint density at radius 3 is 2.35 bits per heavy atom. The highest BCUT2D eigenvalue weighted by atomic mass is 32.2. The molecule has 0 aliphatic heterocycles. The second kappa shape index (κ2) is 9.21. The van der Waals surface area contributed by atoms with Crippen LogP contribution in [0.4, 0.5) is 18.9 Å². The summed E-state index contributed by atoms with van der Waals surface area (Å²) in [5.41, 5.74) is 0.551. The highest BCUT2D eigenvalue weighted by Crippen LogP contribution is 2.30. The van der Waals surface area contributed by atoms with Crippen LogP contribution in [-0.4, -0.2) is 45.5 Å². The molecule has 0 aliphatic rings. The highest BCUT2D eigenvalue weighted by molar-refractivity contribution is 7.92. The molecule has 0 spiro atoms. The summed E-state index contributed by atoms with van der Waals surface area (Å²) in [6.07, 6.45) is -4.54. The number of fused-ring (bicyclic) bond motifs is 1. The third-order valence-corrected chi connectivity index (χ3v) is 5.94.